The summed E-state index contributed by atoms with van der Waals surface area (Å²) in [5.41, 5.74) is 1.61. The number of hydrogen-bond donors (Lipinski definition) is 1. The Hall–Kier alpha value is -1.39. The van der Waals surface area contributed by atoms with Gasteiger partial charge in [0.15, 0.2) is 0 Å². The molecular weight excluding hydrogens is 288 g/mol. The van der Waals surface area contributed by atoms with Gasteiger partial charge in [0.25, 0.3) is 0 Å². The van der Waals surface area contributed by atoms with Crippen LogP contribution < -0.4 is 0 Å². The number of piperazine rings is 1. The van der Waals surface area contributed by atoms with Crippen molar-refractivity contribution in [1.82, 2.24) is 9.80 Å². The number of nitrogens with zero attached hydrogens (tertiary/aromatic N) is 2. The fourth-order valence-electron chi connectivity index (χ4n) is 4.13. The Labute approximate surface area is 139 Å². The van der Waals surface area contributed by atoms with Gasteiger partial charge in [0.1, 0.15) is 0 Å². The summed E-state index contributed by atoms with van der Waals surface area (Å²) < 4.78 is 0. The number of benzene rings is 1. The lowest BCUT2D eigenvalue weighted by Crippen LogP contribution is -2.44. The van der Waals surface area contributed by atoms with Crippen LogP contribution in [0.25, 0.3) is 0 Å². The molecular formula is C19H28N2O2. The van der Waals surface area contributed by atoms with Crippen molar-refractivity contribution < 1.29 is 9.90 Å². The summed E-state index contributed by atoms with van der Waals surface area (Å²) in [6, 6.07) is 8.24. The Morgan fingerprint density at radius 2 is 1.74 bits per heavy atom. The summed E-state index contributed by atoms with van der Waals surface area (Å²) in [5.74, 6) is -0.636. The van der Waals surface area contributed by atoms with E-state index in [0.29, 0.717) is 0 Å². The fraction of sp³-hybridized carbons (Fsp3) is 0.632. The second-order valence-electron chi connectivity index (χ2n) is 7.18. The molecule has 3 rings (SSSR count). The van der Waals surface area contributed by atoms with Crippen LogP contribution in [0.5, 0.6) is 0 Å². The van der Waals surface area contributed by atoms with E-state index >= 15 is 0 Å². The van der Waals surface area contributed by atoms with Crippen LogP contribution in [0, 0.1) is 0 Å². The molecule has 2 aliphatic rings. The number of carboxylic acids is 1. The zero-order chi connectivity index (χ0) is 16.3. The van der Waals surface area contributed by atoms with Gasteiger partial charge in [-0.15, -0.1) is 0 Å². The Morgan fingerprint density at radius 3 is 2.39 bits per heavy atom. The van der Waals surface area contributed by atoms with Gasteiger partial charge in [-0.2, -0.15) is 0 Å². The summed E-state index contributed by atoms with van der Waals surface area (Å²) >= 11 is 0. The Morgan fingerprint density at radius 1 is 1.09 bits per heavy atom. The lowest BCUT2D eigenvalue weighted by atomic mass is 9.68. The summed E-state index contributed by atoms with van der Waals surface area (Å²) in [6.07, 6.45) is 4.77. The molecule has 0 amide bonds. The first-order valence-corrected chi connectivity index (χ1v) is 8.84. The molecule has 1 heterocycles. The first kappa shape index (κ1) is 16.5. The molecule has 126 valence electrons. The number of hydrogen-bond acceptors (Lipinski definition) is 3. The minimum atomic E-state index is -0.665. The van der Waals surface area contributed by atoms with E-state index in [0.717, 1.165) is 70.4 Å². The lowest BCUT2D eigenvalue weighted by Gasteiger charge is -2.37. The van der Waals surface area contributed by atoms with Crippen LogP contribution in [0.2, 0.25) is 0 Å². The van der Waals surface area contributed by atoms with Crippen molar-refractivity contribution in [3.8, 4) is 0 Å². The molecule has 0 radical (unpaired) electrons. The molecule has 1 saturated heterocycles. The maximum absolute atomic E-state index is 12.1. The van der Waals surface area contributed by atoms with Crippen LogP contribution in [0.15, 0.2) is 24.3 Å². The van der Waals surface area contributed by atoms with E-state index in [1.54, 1.807) is 0 Å². The minimum Gasteiger partial charge on any atom is -0.481 e. The van der Waals surface area contributed by atoms with Crippen molar-refractivity contribution in [3.05, 3.63) is 35.4 Å². The van der Waals surface area contributed by atoms with Gasteiger partial charge in [0.05, 0.1) is 5.41 Å². The van der Waals surface area contributed by atoms with Crippen molar-refractivity contribution in [1.29, 1.82) is 0 Å². The van der Waals surface area contributed by atoms with Gasteiger partial charge in [-0.25, -0.2) is 0 Å². The van der Waals surface area contributed by atoms with Crippen LogP contribution in [-0.4, -0.2) is 54.1 Å². The fourth-order valence-corrected chi connectivity index (χ4v) is 4.13. The number of carboxylic acid groups (broad SMARTS) is 1. The molecule has 0 atom stereocenters. The Bertz CT molecular complexity index is 544. The van der Waals surface area contributed by atoms with Crippen molar-refractivity contribution in [3.63, 3.8) is 0 Å². The summed E-state index contributed by atoms with van der Waals surface area (Å²) in [4.78, 5) is 16.9. The summed E-state index contributed by atoms with van der Waals surface area (Å²) in [7, 11) is 2.16. The number of aliphatic carboxylic acids is 1. The highest BCUT2D eigenvalue weighted by Crippen LogP contribution is 2.41. The van der Waals surface area contributed by atoms with Gasteiger partial charge < -0.3 is 10.0 Å². The van der Waals surface area contributed by atoms with Gasteiger partial charge in [0.2, 0.25) is 0 Å². The smallest absolute Gasteiger partial charge is 0.314 e. The van der Waals surface area contributed by atoms with E-state index in [4.69, 9.17) is 0 Å². The monoisotopic (exact) mass is 316 g/mol. The number of likely N-dealkylation sites (N-methyl/N-ethyl adjacent to an activating group) is 1. The Kier molecular flexibility index (Phi) is 5.02. The highest BCUT2D eigenvalue weighted by molar-refractivity contribution is 5.82. The molecule has 0 aromatic heterocycles. The van der Waals surface area contributed by atoms with Gasteiger partial charge in [0, 0.05) is 32.7 Å². The molecule has 0 bridgehead atoms. The Balaban J connectivity index is 1.86. The van der Waals surface area contributed by atoms with Crippen LogP contribution in [-0.2, 0) is 16.8 Å². The standard InChI is InChI=1S/C19H28N2O2/c1-20-11-13-21(14-12-20)15-16-7-3-4-8-17(16)19(18(22)23)9-5-2-6-10-19/h3-4,7-8H,2,5-6,9-15H2,1H3,(H,22,23). The van der Waals surface area contributed by atoms with Crippen LogP contribution in [0.1, 0.15) is 43.2 Å². The van der Waals surface area contributed by atoms with Crippen LogP contribution in [0.4, 0.5) is 0 Å². The quantitative estimate of drug-likeness (QED) is 0.927. The van der Waals surface area contributed by atoms with Crippen molar-refractivity contribution in [2.45, 2.75) is 44.1 Å². The molecule has 2 fully saturated rings. The van der Waals surface area contributed by atoms with E-state index in [-0.39, 0.29) is 0 Å². The number of rotatable bonds is 4. The second-order valence-corrected chi connectivity index (χ2v) is 7.18. The average Bonchev–Trinajstić information content (AvgIpc) is 2.58. The first-order chi connectivity index (χ1) is 11.1. The molecule has 1 aliphatic carbocycles. The maximum atomic E-state index is 12.1. The van der Waals surface area contributed by atoms with Crippen LogP contribution in [0.3, 0.4) is 0 Å². The predicted molar refractivity (Wildman–Crippen MR) is 91.6 cm³/mol. The normalized spacial score (nSPS) is 22.8. The molecule has 0 spiro atoms. The largest absolute Gasteiger partial charge is 0.481 e. The predicted octanol–water partition coefficient (Wildman–Crippen LogP) is 2.72. The van der Waals surface area contributed by atoms with Crippen LogP contribution >= 0.6 is 0 Å². The van der Waals surface area contributed by atoms with Crippen molar-refractivity contribution in [2.75, 3.05) is 33.2 Å². The van der Waals surface area contributed by atoms with E-state index < -0.39 is 11.4 Å². The molecule has 1 N–H and O–H groups in total. The van der Waals surface area contributed by atoms with Gasteiger partial charge in [-0.1, -0.05) is 43.5 Å². The van der Waals surface area contributed by atoms with Crippen molar-refractivity contribution >= 4 is 5.97 Å². The average molecular weight is 316 g/mol. The van der Waals surface area contributed by atoms with Gasteiger partial charge in [-0.3, -0.25) is 9.69 Å². The molecule has 4 nitrogen and oxygen atoms in total. The highest BCUT2D eigenvalue weighted by atomic mass is 16.4. The van der Waals surface area contributed by atoms with E-state index in [1.165, 1.54) is 5.56 Å². The molecule has 0 unspecified atom stereocenters. The summed E-state index contributed by atoms with van der Waals surface area (Å²) in [5, 5.41) is 9.99. The minimum absolute atomic E-state index is 0.636. The van der Waals surface area contributed by atoms with Gasteiger partial charge in [-0.05, 0) is 31.0 Å². The molecule has 23 heavy (non-hydrogen) atoms. The molecule has 1 saturated carbocycles. The number of carbonyl (C=O) groups is 1. The maximum Gasteiger partial charge on any atom is 0.314 e. The van der Waals surface area contributed by atoms with E-state index in [1.807, 2.05) is 12.1 Å². The molecule has 1 aromatic carbocycles. The lowest BCUT2D eigenvalue weighted by molar-refractivity contribution is -0.145. The zero-order valence-electron chi connectivity index (χ0n) is 14.1. The SMILES string of the molecule is CN1CCN(Cc2ccccc2C2(C(=O)O)CCCCC2)CC1. The van der Waals surface area contributed by atoms with E-state index in [2.05, 4.69) is 29.0 Å². The highest BCUT2D eigenvalue weighted by Gasteiger charge is 2.42. The molecule has 1 aromatic rings. The zero-order valence-corrected chi connectivity index (χ0v) is 14.1. The summed E-state index contributed by atoms with van der Waals surface area (Å²) in [6.45, 7) is 5.17. The topological polar surface area (TPSA) is 43.8 Å². The third-order valence-corrected chi connectivity index (χ3v) is 5.64. The first-order valence-electron chi connectivity index (χ1n) is 8.84. The third-order valence-electron chi connectivity index (χ3n) is 5.64. The molecule has 4 heteroatoms. The molecule has 1 aliphatic heterocycles. The van der Waals surface area contributed by atoms with Gasteiger partial charge >= 0.3 is 5.97 Å². The van der Waals surface area contributed by atoms with E-state index in [9.17, 15) is 9.90 Å². The van der Waals surface area contributed by atoms with Crippen molar-refractivity contribution in [2.24, 2.45) is 0 Å². The second kappa shape index (κ2) is 7.02. The third kappa shape index (κ3) is 3.43.